The van der Waals surface area contributed by atoms with E-state index in [0.29, 0.717) is 11.3 Å². The molecule has 20 heavy (non-hydrogen) atoms. The van der Waals surface area contributed by atoms with Crippen molar-refractivity contribution in [2.45, 2.75) is 45.4 Å². The molecule has 112 valence electrons. The van der Waals surface area contributed by atoms with E-state index < -0.39 is 5.97 Å². The van der Waals surface area contributed by atoms with Crippen LogP contribution < -0.4 is 11.1 Å². The molecule has 0 aliphatic rings. The van der Waals surface area contributed by atoms with Gasteiger partial charge in [-0.05, 0) is 24.6 Å². The largest absolute Gasteiger partial charge is 0.465 e. The maximum atomic E-state index is 11.5. The zero-order chi connectivity index (χ0) is 14.8. The van der Waals surface area contributed by atoms with Gasteiger partial charge in [-0.25, -0.2) is 4.79 Å². The van der Waals surface area contributed by atoms with Crippen molar-refractivity contribution in [3.05, 3.63) is 23.8 Å². The Bertz CT molecular complexity index is 419. The molecule has 0 saturated heterocycles. The van der Waals surface area contributed by atoms with Gasteiger partial charge in [0.1, 0.15) is 0 Å². The first kappa shape index (κ1) is 16.3. The molecule has 0 aliphatic heterocycles. The van der Waals surface area contributed by atoms with Gasteiger partial charge in [-0.1, -0.05) is 39.0 Å². The van der Waals surface area contributed by atoms with E-state index in [2.05, 4.69) is 12.2 Å². The molecule has 4 heteroatoms. The lowest BCUT2D eigenvalue weighted by atomic mass is 10.1. The van der Waals surface area contributed by atoms with Crippen LogP contribution in [0.15, 0.2) is 18.2 Å². The van der Waals surface area contributed by atoms with Crippen LogP contribution in [0.25, 0.3) is 0 Å². The molecule has 0 unspecified atom stereocenters. The number of unbranched alkanes of at least 4 members (excludes halogenated alkanes) is 5. The standard InChI is InChI=1S/C16H26N2O2/c1-3-4-5-6-7-8-11-18-13-9-10-15(17)14(12-13)16(19)20-2/h9-10,12,18H,3-8,11,17H2,1-2H3. The molecule has 0 spiro atoms. The molecule has 1 aromatic carbocycles. The third-order valence-corrected chi connectivity index (χ3v) is 3.32. The summed E-state index contributed by atoms with van der Waals surface area (Å²) in [4.78, 5) is 11.5. The SMILES string of the molecule is CCCCCCCCNc1ccc(N)c(C(=O)OC)c1. The second-order valence-electron chi connectivity index (χ2n) is 4.99. The summed E-state index contributed by atoms with van der Waals surface area (Å²) < 4.78 is 4.71. The van der Waals surface area contributed by atoms with Crippen LogP contribution in [0.5, 0.6) is 0 Å². The quantitative estimate of drug-likeness (QED) is 0.409. The van der Waals surface area contributed by atoms with Gasteiger partial charge in [0.15, 0.2) is 0 Å². The van der Waals surface area contributed by atoms with Gasteiger partial charge in [-0.15, -0.1) is 0 Å². The van der Waals surface area contributed by atoms with Crippen molar-refractivity contribution < 1.29 is 9.53 Å². The number of nitrogens with one attached hydrogen (secondary N) is 1. The van der Waals surface area contributed by atoms with E-state index in [9.17, 15) is 4.79 Å². The van der Waals surface area contributed by atoms with Crippen molar-refractivity contribution in [2.75, 3.05) is 24.7 Å². The first-order chi connectivity index (χ1) is 9.69. The van der Waals surface area contributed by atoms with Crippen LogP contribution in [0.1, 0.15) is 55.8 Å². The Morgan fingerprint density at radius 3 is 2.60 bits per heavy atom. The Balaban J connectivity index is 2.35. The maximum absolute atomic E-state index is 11.5. The van der Waals surface area contributed by atoms with Gasteiger partial charge in [0.05, 0.1) is 12.7 Å². The van der Waals surface area contributed by atoms with Gasteiger partial charge >= 0.3 is 5.97 Å². The second kappa shape index (κ2) is 9.23. The Morgan fingerprint density at radius 1 is 1.20 bits per heavy atom. The fraction of sp³-hybridized carbons (Fsp3) is 0.562. The smallest absolute Gasteiger partial charge is 0.340 e. The summed E-state index contributed by atoms with van der Waals surface area (Å²) >= 11 is 0. The van der Waals surface area contributed by atoms with E-state index in [0.717, 1.165) is 18.7 Å². The number of anilines is 2. The average molecular weight is 278 g/mol. The topological polar surface area (TPSA) is 64.3 Å². The molecule has 3 N–H and O–H groups in total. The highest BCUT2D eigenvalue weighted by atomic mass is 16.5. The molecule has 0 amide bonds. The van der Waals surface area contributed by atoms with E-state index in [1.54, 1.807) is 12.1 Å². The molecule has 1 aromatic rings. The summed E-state index contributed by atoms with van der Waals surface area (Å²) in [6.07, 6.45) is 7.61. The number of rotatable bonds is 9. The first-order valence-electron chi connectivity index (χ1n) is 7.40. The predicted molar refractivity (Wildman–Crippen MR) is 84.1 cm³/mol. The van der Waals surface area contributed by atoms with Gasteiger partial charge in [0.25, 0.3) is 0 Å². The minimum atomic E-state index is -0.397. The zero-order valence-corrected chi connectivity index (χ0v) is 12.6. The minimum Gasteiger partial charge on any atom is -0.465 e. The van der Waals surface area contributed by atoms with E-state index in [4.69, 9.17) is 10.5 Å². The lowest BCUT2D eigenvalue weighted by molar-refractivity contribution is 0.0602. The number of ether oxygens (including phenoxy) is 1. The monoisotopic (exact) mass is 278 g/mol. The van der Waals surface area contributed by atoms with Crippen LogP contribution in [-0.2, 0) is 4.74 Å². The lowest BCUT2D eigenvalue weighted by Crippen LogP contribution is -2.08. The molecule has 0 aromatic heterocycles. The van der Waals surface area contributed by atoms with Gasteiger partial charge in [0.2, 0.25) is 0 Å². The summed E-state index contributed by atoms with van der Waals surface area (Å²) in [5, 5.41) is 3.32. The minimum absolute atomic E-state index is 0.397. The molecule has 0 bridgehead atoms. The highest BCUT2D eigenvalue weighted by Crippen LogP contribution is 2.19. The summed E-state index contributed by atoms with van der Waals surface area (Å²) in [7, 11) is 1.36. The highest BCUT2D eigenvalue weighted by molar-refractivity contribution is 5.96. The molecule has 0 aliphatic carbocycles. The molecule has 0 radical (unpaired) electrons. The van der Waals surface area contributed by atoms with Gasteiger partial charge in [-0.2, -0.15) is 0 Å². The van der Waals surface area contributed by atoms with Crippen LogP contribution in [0, 0.1) is 0 Å². The summed E-state index contributed by atoms with van der Waals surface area (Å²) in [5.41, 5.74) is 7.53. The van der Waals surface area contributed by atoms with E-state index in [1.807, 2.05) is 6.07 Å². The molecule has 0 fully saturated rings. The average Bonchev–Trinajstić information content (AvgIpc) is 2.47. The van der Waals surface area contributed by atoms with Crippen molar-refractivity contribution in [1.29, 1.82) is 0 Å². The second-order valence-corrected chi connectivity index (χ2v) is 4.99. The van der Waals surface area contributed by atoms with Gasteiger partial charge < -0.3 is 15.8 Å². The first-order valence-corrected chi connectivity index (χ1v) is 7.40. The zero-order valence-electron chi connectivity index (χ0n) is 12.6. The van der Waals surface area contributed by atoms with Crippen molar-refractivity contribution in [3.63, 3.8) is 0 Å². The third kappa shape index (κ3) is 5.51. The van der Waals surface area contributed by atoms with Crippen LogP contribution in [0.2, 0.25) is 0 Å². The van der Waals surface area contributed by atoms with Crippen LogP contribution in [0.4, 0.5) is 11.4 Å². The van der Waals surface area contributed by atoms with Crippen LogP contribution in [-0.4, -0.2) is 19.6 Å². The highest BCUT2D eigenvalue weighted by Gasteiger charge is 2.10. The fourth-order valence-electron chi connectivity index (χ4n) is 2.09. The number of nitrogen functional groups attached to an aromatic ring is 1. The Labute approximate surface area is 121 Å². The molecular formula is C16H26N2O2. The molecule has 0 atom stereocenters. The van der Waals surface area contributed by atoms with Gasteiger partial charge in [0, 0.05) is 17.9 Å². The summed E-state index contributed by atoms with van der Waals surface area (Å²) in [6.45, 7) is 3.14. The molecular weight excluding hydrogens is 252 g/mol. The molecule has 0 saturated carbocycles. The maximum Gasteiger partial charge on any atom is 0.340 e. The molecule has 1 rings (SSSR count). The van der Waals surface area contributed by atoms with Crippen molar-refractivity contribution >= 4 is 17.3 Å². The van der Waals surface area contributed by atoms with Crippen molar-refractivity contribution in [1.82, 2.24) is 0 Å². The number of nitrogens with two attached hydrogens (primary N) is 1. The summed E-state index contributed by atoms with van der Waals surface area (Å²) in [6, 6.07) is 5.37. The van der Waals surface area contributed by atoms with E-state index >= 15 is 0 Å². The number of esters is 1. The van der Waals surface area contributed by atoms with Crippen molar-refractivity contribution in [2.24, 2.45) is 0 Å². The van der Waals surface area contributed by atoms with Crippen molar-refractivity contribution in [3.8, 4) is 0 Å². The Kier molecular flexibility index (Phi) is 7.55. The number of methoxy groups -OCH3 is 1. The summed E-state index contributed by atoms with van der Waals surface area (Å²) in [5.74, 6) is -0.397. The normalized spacial score (nSPS) is 10.3. The number of hydrogen-bond acceptors (Lipinski definition) is 4. The third-order valence-electron chi connectivity index (χ3n) is 3.32. The van der Waals surface area contributed by atoms with Gasteiger partial charge in [-0.3, -0.25) is 0 Å². The van der Waals surface area contributed by atoms with Crippen LogP contribution in [0.3, 0.4) is 0 Å². The Morgan fingerprint density at radius 2 is 1.90 bits per heavy atom. The number of hydrogen-bond donors (Lipinski definition) is 2. The van der Waals surface area contributed by atoms with E-state index in [-0.39, 0.29) is 0 Å². The van der Waals surface area contributed by atoms with E-state index in [1.165, 1.54) is 39.2 Å². The molecule has 4 nitrogen and oxygen atoms in total. The number of carbonyl (C=O) groups excluding carboxylic acids is 1. The number of benzene rings is 1. The number of carbonyl (C=O) groups is 1. The fourth-order valence-corrected chi connectivity index (χ4v) is 2.09. The predicted octanol–water partition coefficient (Wildman–Crippen LogP) is 3.83. The van der Waals surface area contributed by atoms with Crippen LogP contribution >= 0.6 is 0 Å². The Hall–Kier alpha value is -1.71. The lowest BCUT2D eigenvalue weighted by Gasteiger charge is -2.09. The molecule has 0 heterocycles.